The van der Waals surface area contributed by atoms with Crippen LogP contribution in [0.25, 0.3) is 0 Å². The van der Waals surface area contributed by atoms with Gasteiger partial charge in [-0.25, -0.2) is 0 Å². The maximum Gasteiger partial charge on any atom is 0.245 e. The van der Waals surface area contributed by atoms with E-state index in [1.54, 1.807) is 11.8 Å². The van der Waals surface area contributed by atoms with Crippen molar-refractivity contribution in [2.24, 2.45) is 5.73 Å². The number of carbonyl (C=O) groups excluding carboxylic acids is 2. The van der Waals surface area contributed by atoms with E-state index in [2.05, 4.69) is 5.32 Å². The summed E-state index contributed by atoms with van der Waals surface area (Å²) < 4.78 is 10.2. The first-order valence-electron chi connectivity index (χ1n) is 6.47. The third-order valence-electron chi connectivity index (χ3n) is 3.08. The Kier molecular flexibility index (Phi) is 6.75. The van der Waals surface area contributed by atoms with Gasteiger partial charge in [0.05, 0.1) is 25.7 Å². The molecule has 1 aliphatic heterocycles. The molecule has 0 aromatic rings. The Morgan fingerprint density at radius 3 is 2.58 bits per heavy atom. The maximum absolute atomic E-state index is 12.1. The van der Waals surface area contributed by atoms with Gasteiger partial charge in [0.15, 0.2) is 0 Å². The fraction of sp³-hybridized carbons (Fsp3) is 0.833. The molecule has 0 bridgehead atoms. The Morgan fingerprint density at radius 2 is 2.05 bits per heavy atom. The van der Waals surface area contributed by atoms with Gasteiger partial charge in [0.25, 0.3) is 0 Å². The molecule has 2 amide bonds. The van der Waals surface area contributed by atoms with Gasteiger partial charge in [0.1, 0.15) is 6.04 Å². The largest absolute Gasteiger partial charge is 0.380 e. The van der Waals surface area contributed by atoms with Crippen LogP contribution in [0.4, 0.5) is 0 Å². The minimum absolute atomic E-state index is 0.0848. The van der Waals surface area contributed by atoms with Crippen LogP contribution in [0.5, 0.6) is 0 Å². The monoisotopic (exact) mass is 273 g/mol. The highest BCUT2D eigenvalue weighted by Gasteiger charge is 2.24. The lowest BCUT2D eigenvalue weighted by Gasteiger charge is -2.29. The molecular weight excluding hydrogens is 250 g/mol. The summed E-state index contributed by atoms with van der Waals surface area (Å²) >= 11 is 0. The molecule has 2 unspecified atom stereocenters. The molecule has 3 N–H and O–H groups in total. The summed E-state index contributed by atoms with van der Waals surface area (Å²) in [6.45, 7) is 4.19. The standard InChI is InChI=1S/C12H23N3O4/c1-9(12(17)15-3-5-19-6-4-15)14-11(16)7-10(8-13)18-2/h9-10H,3-8,13H2,1-2H3,(H,14,16). The van der Waals surface area contributed by atoms with E-state index < -0.39 is 6.04 Å². The molecule has 1 fully saturated rings. The molecule has 0 radical (unpaired) electrons. The number of hydrogen-bond donors (Lipinski definition) is 2. The highest BCUT2D eigenvalue weighted by molar-refractivity contribution is 5.87. The van der Waals surface area contributed by atoms with Crippen molar-refractivity contribution in [1.82, 2.24) is 10.2 Å². The molecule has 0 aromatic heterocycles. The van der Waals surface area contributed by atoms with Crippen molar-refractivity contribution in [2.75, 3.05) is 40.0 Å². The van der Waals surface area contributed by atoms with Crippen molar-refractivity contribution >= 4 is 11.8 Å². The molecule has 0 aliphatic carbocycles. The van der Waals surface area contributed by atoms with Crippen molar-refractivity contribution < 1.29 is 19.1 Å². The normalized spacial score (nSPS) is 18.8. The van der Waals surface area contributed by atoms with E-state index in [1.807, 2.05) is 0 Å². The average molecular weight is 273 g/mol. The fourth-order valence-corrected chi connectivity index (χ4v) is 1.89. The number of nitrogens with zero attached hydrogens (tertiary/aromatic N) is 1. The number of nitrogens with two attached hydrogens (primary N) is 1. The molecule has 1 aliphatic rings. The summed E-state index contributed by atoms with van der Waals surface area (Å²) in [5, 5.41) is 2.67. The summed E-state index contributed by atoms with van der Waals surface area (Å²) in [6, 6.07) is -0.541. The maximum atomic E-state index is 12.1. The Balaban J connectivity index is 2.38. The van der Waals surface area contributed by atoms with E-state index in [9.17, 15) is 9.59 Å². The van der Waals surface area contributed by atoms with Crippen LogP contribution >= 0.6 is 0 Å². The lowest BCUT2D eigenvalue weighted by Crippen LogP contribution is -2.51. The third-order valence-corrected chi connectivity index (χ3v) is 3.08. The van der Waals surface area contributed by atoms with Crippen LogP contribution in [-0.2, 0) is 19.1 Å². The predicted molar refractivity (Wildman–Crippen MR) is 69.5 cm³/mol. The number of ether oxygens (including phenoxy) is 2. The lowest BCUT2D eigenvalue weighted by atomic mass is 10.2. The minimum Gasteiger partial charge on any atom is -0.380 e. The van der Waals surface area contributed by atoms with Crippen molar-refractivity contribution in [3.8, 4) is 0 Å². The molecule has 0 aromatic carbocycles. The van der Waals surface area contributed by atoms with Gasteiger partial charge in [-0.15, -0.1) is 0 Å². The zero-order chi connectivity index (χ0) is 14.3. The average Bonchev–Trinajstić information content (AvgIpc) is 2.44. The number of methoxy groups -OCH3 is 1. The molecule has 1 rings (SSSR count). The van der Waals surface area contributed by atoms with Gasteiger partial charge in [-0.2, -0.15) is 0 Å². The first-order chi connectivity index (χ1) is 9.08. The van der Waals surface area contributed by atoms with Crippen LogP contribution in [0.2, 0.25) is 0 Å². The van der Waals surface area contributed by atoms with Gasteiger partial charge in [-0.05, 0) is 6.92 Å². The Bertz CT molecular complexity index is 301. The smallest absolute Gasteiger partial charge is 0.245 e. The van der Waals surface area contributed by atoms with Gasteiger partial charge in [-0.1, -0.05) is 0 Å². The molecule has 1 heterocycles. The van der Waals surface area contributed by atoms with Crippen LogP contribution in [0.15, 0.2) is 0 Å². The molecule has 1 saturated heterocycles. The van der Waals surface area contributed by atoms with Crippen LogP contribution in [-0.4, -0.2) is 68.8 Å². The van der Waals surface area contributed by atoms with Crippen LogP contribution in [0, 0.1) is 0 Å². The van der Waals surface area contributed by atoms with Gasteiger partial charge in [-0.3, -0.25) is 9.59 Å². The summed E-state index contributed by atoms with van der Waals surface area (Å²) in [4.78, 5) is 25.5. The molecule has 7 nitrogen and oxygen atoms in total. The highest BCUT2D eigenvalue weighted by atomic mass is 16.5. The molecule has 0 spiro atoms. The molecule has 110 valence electrons. The number of rotatable bonds is 6. The number of nitrogens with one attached hydrogen (secondary N) is 1. The van der Waals surface area contributed by atoms with E-state index in [1.165, 1.54) is 7.11 Å². The second kappa shape index (κ2) is 8.08. The Labute approximate surface area is 113 Å². The van der Waals surface area contributed by atoms with Gasteiger partial charge >= 0.3 is 0 Å². The van der Waals surface area contributed by atoms with Crippen LogP contribution in [0.3, 0.4) is 0 Å². The predicted octanol–water partition coefficient (Wildman–Crippen LogP) is -1.29. The summed E-state index contributed by atoms with van der Waals surface area (Å²) in [5.74, 6) is -0.315. The van der Waals surface area contributed by atoms with E-state index in [0.717, 1.165) is 0 Å². The first-order valence-corrected chi connectivity index (χ1v) is 6.47. The zero-order valence-electron chi connectivity index (χ0n) is 11.6. The quantitative estimate of drug-likeness (QED) is 0.628. The van der Waals surface area contributed by atoms with Gasteiger partial charge in [0.2, 0.25) is 11.8 Å². The first kappa shape index (κ1) is 15.9. The summed E-state index contributed by atoms with van der Waals surface area (Å²) in [6.07, 6.45) is -0.154. The van der Waals surface area contributed by atoms with Gasteiger partial charge < -0.3 is 25.4 Å². The third kappa shape index (κ3) is 5.14. The topological polar surface area (TPSA) is 93.9 Å². The van der Waals surface area contributed by atoms with E-state index in [0.29, 0.717) is 26.3 Å². The number of morpholine rings is 1. The van der Waals surface area contributed by atoms with E-state index >= 15 is 0 Å². The second-order valence-electron chi connectivity index (χ2n) is 4.52. The summed E-state index contributed by atoms with van der Waals surface area (Å²) in [5.41, 5.74) is 5.45. The molecule has 19 heavy (non-hydrogen) atoms. The van der Waals surface area contributed by atoms with Gasteiger partial charge in [0, 0.05) is 26.7 Å². The number of amides is 2. The Morgan fingerprint density at radius 1 is 1.42 bits per heavy atom. The number of carbonyl (C=O) groups is 2. The van der Waals surface area contributed by atoms with Crippen molar-refractivity contribution in [3.05, 3.63) is 0 Å². The molecule has 2 atom stereocenters. The van der Waals surface area contributed by atoms with Crippen molar-refractivity contribution in [2.45, 2.75) is 25.5 Å². The lowest BCUT2D eigenvalue weighted by molar-refractivity contribution is -0.139. The highest BCUT2D eigenvalue weighted by Crippen LogP contribution is 2.02. The zero-order valence-corrected chi connectivity index (χ0v) is 11.6. The number of hydrogen-bond acceptors (Lipinski definition) is 5. The molecule has 0 saturated carbocycles. The van der Waals surface area contributed by atoms with Crippen molar-refractivity contribution in [1.29, 1.82) is 0 Å². The SMILES string of the molecule is COC(CN)CC(=O)NC(C)C(=O)N1CCOCC1. The molecular formula is C12H23N3O4. The van der Waals surface area contributed by atoms with Crippen LogP contribution in [0.1, 0.15) is 13.3 Å². The van der Waals surface area contributed by atoms with Crippen molar-refractivity contribution in [3.63, 3.8) is 0 Å². The molecule has 7 heteroatoms. The van der Waals surface area contributed by atoms with Crippen LogP contribution < -0.4 is 11.1 Å². The Hall–Kier alpha value is -1.18. The second-order valence-corrected chi connectivity index (χ2v) is 4.52. The van der Waals surface area contributed by atoms with E-state index in [-0.39, 0.29) is 30.9 Å². The van der Waals surface area contributed by atoms with E-state index in [4.69, 9.17) is 15.2 Å². The summed E-state index contributed by atoms with van der Waals surface area (Å²) in [7, 11) is 1.51. The minimum atomic E-state index is -0.541. The fourth-order valence-electron chi connectivity index (χ4n) is 1.89.